The van der Waals surface area contributed by atoms with Crippen molar-refractivity contribution < 1.29 is 14.0 Å². The van der Waals surface area contributed by atoms with E-state index in [0.717, 1.165) is 47.8 Å². The average molecular weight is 477 g/mol. The summed E-state index contributed by atoms with van der Waals surface area (Å²) in [7, 11) is 1.63. The van der Waals surface area contributed by atoms with Gasteiger partial charge in [0.2, 0.25) is 11.8 Å². The topological polar surface area (TPSA) is 127 Å². The van der Waals surface area contributed by atoms with Crippen LogP contribution in [0.25, 0.3) is 11.3 Å². The number of aryl methyl sites for hydroxylation is 2. The molecule has 2 N–H and O–H groups in total. The number of hydrogen-bond acceptors (Lipinski definition) is 10. The summed E-state index contributed by atoms with van der Waals surface area (Å²) in [5.41, 5.74) is 3.58. The number of ether oxygens (including phenoxy) is 2. The molecule has 0 aromatic carbocycles. The van der Waals surface area contributed by atoms with E-state index < -0.39 is 0 Å². The van der Waals surface area contributed by atoms with Crippen LogP contribution in [0.1, 0.15) is 36.0 Å². The van der Waals surface area contributed by atoms with Crippen LogP contribution in [-0.2, 0) is 4.74 Å². The first kappa shape index (κ1) is 22.8. The fourth-order valence-corrected chi connectivity index (χ4v) is 4.15. The molecule has 11 heteroatoms. The number of nitrogens with one attached hydrogen (secondary N) is 2. The molecule has 0 amide bonds. The number of H-pyrrole nitrogens is 1. The molecule has 11 nitrogen and oxygen atoms in total. The predicted molar refractivity (Wildman–Crippen MR) is 130 cm³/mol. The monoisotopic (exact) mass is 476 g/mol. The summed E-state index contributed by atoms with van der Waals surface area (Å²) >= 11 is 0. The van der Waals surface area contributed by atoms with Crippen molar-refractivity contribution in [2.24, 2.45) is 0 Å². The molecule has 1 atom stereocenters. The summed E-state index contributed by atoms with van der Waals surface area (Å²) in [5.74, 6) is 3.03. The fourth-order valence-electron chi connectivity index (χ4n) is 4.15. The van der Waals surface area contributed by atoms with Crippen LogP contribution in [0.4, 0.5) is 17.6 Å². The third kappa shape index (κ3) is 5.09. The van der Waals surface area contributed by atoms with Gasteiger partial charge in [-0.3, -0.25) is 10.1 Å². The van der Waals surface area contributed by atoms with Crippen molar-refractivity contribution in [3.63, 3.8) is 0 Å². The molecular weight excluding hydrogens is 448 g/mol. The first-order valence-corrected chi connectivity index (χ1v) is 11.6. The van der Waals surface area contributed by atoms with Crippen molar-refractivity contribution >= 4 is 17.6 Å². The van der Waals surface area contributed by atoms with Gasteiger partial charge in [0, 0.05) is 55.0 Å². The molecule has 1 fully saturated rings. The van der Waals surface area contributed by atoms with Gasteiger partial charge in [0.05, 0.1) is 12.6 Å². The van der Waals surface area contributed by atoms with Gasteiger partial charge < -0.3 is 24.2 Å². The Bertz CT molecular complexity index is 1290. The Morgan fingerprint density at radius 1 is 1.17 bits per heavy atom. The number of methoxy groups -OCH3 is 1. The molecule has 0 bridgehead atoms. The second-order valence-electron chi connectivity index (χ2n) is 8.40. The molecule has 0 radical (unpaired) electrons. The van der Waals surface area contributed by atoms with Crippen molar-refractivity contribution in [2.75, 3.05) is 37.1 Å². The molecule has 0 aliphatic carbocycles. The Kier molecular flexibility index (Phi) is 6.57. The molecular formula is C24H28N8O3. The van der Waals surface area contributed by atoms with Crippen LogP contribution < -0.4 is 15.0 Å². The lowest BCUT2D eigenvalue weighted by Gasteiger charge is -2.23. The third-order valence-electron chi connectivity index (χ3n) is 5.84. The summed E-state index contributed by atoms with van der Waals surface area (Å²) in [4.78, 5) is 15.9. The first-order chi connectivity index (χ1) is 17.1. The normalized spacial score (nSPS) is 15.5. The maximum atomic E-state index is 5.83. The number of aromatic nitrogens is 6. The average Bonchev–Trinajstić information content (AvgIpc) is 3.60. The molecule has 5 rings (SSSR count). The lowest BCUT2D eigenvalue weighted by atomic mass is 10.1. The molecule has 5 heterocycles. The van der Waals surface area contributed by atoms with Crippen molar-refractivity contribution in [3.05, 3.63) is 53.7 Å². The summed E-state index contributed by atoms with van der Waals surface area (Å²) in [6.07, 6.45) is 3.65. The van der Waals surface area contributed by atoms with Crippen LogP contribution in [0, 0.1) is 13.8 Å². The van der Waals surface area contributed by atoms with Crippen LogP contribution in [0.2, 0.25) is 0 Å². The van der Waals surface area contributed by atoms with Crippen molar-refractivity contribution in [1.82, 2.24) is 30.3 Å². The molecule has 182 valence electrons. The highest BCUT2D eigenvalue weighted by Crippen LogP contribution is 2.37. The maximum Gasteiger partial charge on any atom is 0.231 e. The number of rotatable bonds is 9. The second-order valence-corrected chi connectivity index (χ2v) is 8.40. The SMILES string of the molecule is COCCOc1cc(Nc2cc(C)[nH]n2)nc(N2CCCC2c2cc(-c3cccnc3C)no2)n1. The molecule has 1 saturated heterocycles. The van der Waals surface area contributed by atoms with Gasteiger partial charge in [-0.15, -0.1) is 0 Å². The van der Waals surface area contributed by atoms with Crippen LogP contribution >= 0.6 is 0 Å². The molecule has 1 aliphatic heterocycles. The Hall–Kier alpha value is -3.99. The van der Waals surface area contributed by atoms with Crippen LogP contribution in [-0.4, -0.2) is 57.2 Å². The van der Waals surface area contributed by atoms with Gasteiger partial charge in [-0.05, 0) is 38.8 Å². The van der Waals surface area contributed by atoms with Crippen LogP contribution in [0.5, 0.6) is 5.88 Å². The maximum absolute atomic E-state index is 5.83. The summed E-state index contributed by atoms with van der Waals surface area (Å²) in [6.45, 7) is 5.53. The number of pyridine rings is 1. The van der Waals surface area contributed by atoms with E-state index in [2.05, 4.69) is 35.5 Å². The fraction of sp³-hybridized carbons (Fsp3) is 0.375. The van der Waals surface area contributed by atoms with E-state index in [9.17, 15) is 0 Å². The molecule has 0 spiro atoms. The third-order valence-corrected chi connectivity index (χ3v) is 5.84. The number of aromatic amines is 1. The van der Waals surface area contributed by atoms with Gasteiger partial charge in [0.1, 0.15) is 18.1 Å². The number of anilines is 3. The minimum Gasteiger partial charge on any atom is -0.475 e. The zero-order valence-electron chi connectivity index (χ0n) is 20.0. The van der Waals surface area contributed by atoms with E-state index in [-0.39, 0.29) is 6.04 Å². The number of nitrogens with zero attached hydrogens (tertiary/aromatic N) is 6. The minimum absolute atomic E-state index is 0.0390. The lowest BCUT2D eigenvalue weighted by Crippen LogP contribution is -2.25. The quantitative estimate of drug-likeness (QED) is 0.342. The standard InChI is InChI=1S/C24H28N8O3/c1-15-12-22(30-29-15)26-21-14-23(34-11-10-33-3)28-24(27-21)32-9-5-7-19(32)20-13-18(31-35-20)17-6-4-8-25-16(17)2/h4,6,8,12-14,19H,5,7,9-11H2,1-3H3,(H2,26,27,28,29,30). The van der Waals surface area contributed by atoms with Crippen molar-refractivity contribution in [2.45, 2.75) is 32.7 Å². The summed E-state index contributed by atoms with van der Waals surface area (Å²) in [5, 5.41) is 14.7. The van der Waals surface area contributed by atoms with Gasteiger partial charge in [-0.1, -0.05) is 5.16 Å². The van der Waals surface area contributed by atoms with E-state index in [0.29, 0.717) is 36.7 Å². The zero-order chi connectivity index (χ0) is 24.2. The Labute approximate surface area is 202 Å². The molecule has 0 saturated carbocycles. The highest BCUT2D eigenvalue weighted by molar-refractivity contribution is 5.62. The second kappa shape index (κ2) is 10.1. The van der Waals surface area contributed by atoms with E-state index in [1.54, 1.807) is 19.4 Å². The highest BCUT2D eigenvalue weighted by Gasteiger charge is 2.32. The highest BCUT2D eigenvalue weighted by atomic mass is 16.5. The summed E-state index contributed by atoms with van der Waals surface area (Å²) in [6, 6.07) is 9.50. The van der Waals surface area contributed by atoms with Gasteiger partial charge in [-0.2, -0.15) is 15.1 Å². The van der Waals surface area contributed by atoms with Gasteiger partial charge in [0.15, 0.2) is 11.6 Å². The largest absolute Gasteiger partial charge is 0.475 e. The van der Waals surface area contributed by atoms with Crippen LogP contribution in [0.3, 0.4) is 0 Å². The number of hydrogen-bond donors (Lipinski definition) is 2. The minimum atomic E-state index is -0.0390. The molecule has 35 heavy (non-hydrogen) atoms. The molecule has 4 aromatic rings. The Morgan fingerprint density at radius 2 is 2.09 bits per heavy atom. The zero-order valence-corrected chi connectivity index (χ0v) is 20.0. The van der Waals surface area contributed by atoms with E-state index >= 15 is 0 Å². The molecule has 1 aliphatic rings. The van der Waals surface area contributed by atoms with Crippen molar-refractivity contribution in [1.29, 1.82) is 0 Å². The van der Waals surface area contributed by atoms with Crippen LogP contribution in [0.15, 0.2) is 41.1 Å². The lowest BCUT2D eigenvalue weighted by molar-refractivity contribution is 0.143. The van der Waals surface area contributed by atoms with E-state index in [1.165, 1.54) is 0 Å². The van der Waals surface area contributed by atoms with Crippen molar-refractivity contribution in [3.8, 4) is 17.1 Å². The summed E-state index contributed by atoms with van der Waals surface area (Å²) < 4.78 is 16.7. The first-order valence-electron chi connectivity index (χ1n) is 11.6. The molecule has 4 aromatic heterocycles. The molecule has 1 unspecified atom stereocenters. The van der Waals surface area contributed by atoms with Gasteiger partial charge in [-0.25, -0.2) is 0 Å². The van der Waals surface area contributed by atoms with E-state index in [1.807, 2.05) is 38.1 Å². The Balaban J connectivity index is 1.43. The van der Waals surface area contributed by atoms with Gasteiger partial charge in [0.25, 0.3) is 0 Å². The van der Waals surface area contributed by atoms with E-state index in [4.69, 9.17) is 19.0 Å². The Morgan fingerprint density at radius 3 is 2.89 bits per heavy atom. The smallest absolute Gasteiger partial charge is 0.231 e. The predicted octanol–water partition coefficient (Wildman–Crippen LogP) is 3.98. The van der Waals surface area contributed by atoms with Gasteiger partial charge >= 0.3 is 0 Å².